The fourth-order valence-corrected chi connectivity index (χ4v) is 3.96. The molecule has 7 heteroatoms. The summed E-state index contributed by atoms with van der Waals surface area (Å²) in [6.45, 7) is 8.47. The Balaban J connectivity index is 0.00000341. The monoisotopic (exact) mass is 455 g/mol. The molecular weight excluding hydrogens is 423 g/mol. The van der Waals surface area contributed by atoms with Crippen molar-refractivity contribution in [3.63, 3.8) is 0 Å². The summed E-state index contributed by atoms with van der Waals surface area (Å²) in [7, 11) is 0. The minimum atomic E-state index is -4.40. The summed E-state index contributed by atoms with van der Waals surface area (Å²) in [6.07, 6.45) is 1.50. The maximum Gasteiger partial charge on any atom is 0.433 e. The van der Waals surface area contributed by atoms with Crippen molar-refractivity contribution in [3.05, 3.63) is 58.8 Å². The van der Waals surface area contributed by atoms with Gasteiger partial charge in [0.2, 0.25) is 0 Å². The third-order valence-electron chi connectivity index (χ3n) is 5.90. The summed E-state index contributed by atoms with van der Waals surface area (Å²) in [6, 6.07) is 10.9. The van der Waals surface area contributed by atoms with E-state index < -0.39 is 11.9 Å². The molecule has 0 radical (unpaired) electrons. The average molecular weight is 456 g/mol. The summed E-state index contributed by atoms with van der Waals surface area (Å²) in [5.41, 5.74) is 3.38. The third kappa shape index (κ3) is 7.39. The number of benzene rings is 1. The Morgan fingerprint density at radius 2 is 1.71 bits per heavy atom. The molecule has 0 amide bonds. The Bertz CT molecular complexity index is 818. The fourth-order valence-electron chi connectivity index (χ4n) is 3.96. The van der Waals surface area contributed by atoms with Crippen LogP contribution in [0.15, 0.2) is 36.4 Å². The first kappa shape index (κ1) is 25.5. The van der Waals surface area contributed by atoms with Crippen LogP contribution in [0, 0.1) is 6.92 Å². The van der Waals surface area contributed by atoms with E-state index in [9.17, 15) is 13.2 Å². The van der Waals surface area contributed by atoms with Gasteiger partial charge in [-0.05, 0) is 55.0 Å². The van der Waals surface area contributed by atoms with E-state index in [-0.39, 0.29) is 12.4 Å². The molecule has 1 aromatic heterocycles. The van der Waals surface area contributed by atoms with E-state index in [1.165, 1.54) is 42.0 Å². The van der Waals surface area contributed by atoms with Gasteiger partial charge >= 0.3 is 6.18 Å². The van der Waals surface area contributed by atoms with E-state index in [1.807, 2.05) is 4.90 Å². The van der Waals surface area contributed by atoms with Gasteiger partial charge in [-0.1, -0.05) is 44.0 Å². The van der Waals surface area contributed by atoms with Crippen LogP contribution in [0.1, 0.15) is 48.6 Å². The van der Waals surface area contributed by atoms with Gasteiger partial charge < -0.3 is 4.90 Å². The molecule has 2 heterocycles. The van der Waals surface area contributed by atoms with Gasteiger partial charge in [-0.2, -0.15) is 13.2 Å². The van der Waals surface area contributed by atoms with Crippen molar-refractivity contribution in [2.75, 3.05) is 37.6 Å². The number of unbranched alkanes of at least 4 members (excludes halogenated alkanes) is 2. The molecule has 0 saturated carbocycles. The molecule has 1 fully saturated rings. The Kier molecular flexibility index (Phi) is 9.63. The molecule has 0 spiro atoms. The number of piperazine rings is 1. The second-order valence-corrected chi connectivity index (χ2v) is 8.18. The Morgan fingerprint density at radius 3 is 2.39 bits per heavy atom. The van der Waals surface area contributed by atoms with Crippen molar-refractivity contribution < 1.29 is 13.2 Å². The summed E-state index contributed by atoms with van der Waals surface area (Å²) >= 11 is 0. The lowest BCUT2D eigenvalue weighted by molar-refractivity contribution is -0.141. The minimum Gasteiger partial charge on any atom is -0.354 e. The number of anilines is 1. The molecule has 3 nitrogen and oxygen atoms in total. The predicted octanol–water partition coefficient (Wildman–Crippen LogP) is 5.93. The van der Waals surface area contributed by atoms with Crippen LogP contribution in [-0.4, -0.2) is 42.6 Å². The second kappa shape index (κ2) is 11.7. The van der Waals surface area contributed by atoms with Crippen LogP contribution in [0.5, 0.6) is 0 Å². The molecule has 0 bridgehead atoms. The highest BCUT2D eigenvalue weighted by molar-refractivity contribution is 5.85. The lowest BCUT2D eigenvalue weighted by Gasteiger charge is -2.35. The highest BCUT2D eigenvalue weighted by atomic mass is 35.5. The maximum atomic E-state index is 12.9. The second-order valence-electron chi connectivity index (χ2n) is 8.18. The standard InChI is InChI=1S/C24H32F3N3.ClH/c1-3-4-5-7-21-18-20(11-10-19(21)2)12-13-29-14-16-30(17-15-29)23-9-6-8-22(28-23)24(25,26)27;/h6,8-11,18H,3-5,7,12-17H2,1-2H3;1H. The molecule has 0 atom stereocenters. The normalized spacial score (nSPS) is 15.1. The molecule has 0 aliphatic carbocycles. The number of hydrogen-bond acceptors (Lipinski definition) is 3. The number of hydrogen-bond donors (Lipinski definition) is 0. The predicted molar refractivity (Wildman–Crippen MR) is 123 cm³/mol. The van der Waals surface area contributed by atoms with Crippen LogP contribution >= 0.6 is 12.4 Å². The number of aromatic nitrogens is 1. The van der Waals surface area contributed by atoms with Crippen molar-refractivity contribution in [1.82, 2.24) is 9.88 Å². The smallest absolute Gasteiger partial charge is 0.354 e. The molecule has 0 unspecified atom stereocenters. The first-order chi connectivity index (χ1) is 14.4. The SMILES string of the molecule is CCCCCc1cc(CCN2CCN(c3cccc(C(F)(F)F)n3)CC2)ccc1C.Cl. The van der Waals surface area contributed by atoms with E-state index in [4.69, 9.17) is 0 Å². The van der Waals surface area contributed by atoms with Crippen molar-refractivity contribution in [3.8, 4) is 0 Å². The van der Waals surface area contributed by atoms with Gasteiger partial charge in [0.15, 0.2) is 0 Å². The quantitative estimate of drug-likeness (QED) is 0.460. The molecule has 0 N–H and O–H groups in total. The number of pyridine rings is 1. The van der Waals surface area contributed by atoms with Gasteiger partial charge in [0, 0.05) is 32.7 Å². The van der Waals surface area contributed by atoms with E-state index >= 15 is 0 Å². The topological polar surface area (TPSA) is 19.4 Å². The van der Waals surface area contributed by atoms with Crippen molar-refractivity contribution >= 4 is 18.2 Å². The highest BCUT2D eigenvalue weighted by Crippen LogP contribution is 2.29. The van der Waals surface area contributed by atoms with Gasteiger partial charge in [-0.15, -0.1) is 12.4 Å². The summed E-state index contributed by atoms with van der Waals surface area (Å²) in [4.78, 5) is 8.15. The molecule has 1 aliphatic heterocycles. The summed E-state index contributed by atoms with van der Waals surface area (Å²) in [5.74, 6) is 0.416. The first-order valence-electron chi connectivity index (χ1n) is 11.0. The molecule has 1 saturated heterocycles. The highest BCUT2D eigenvalue weighted by Gasteiger charge is 2.33. The Morgan fingerprint density at radius 1 is 0.968 bits per heavy atom. The maximum absolute atomic E-state index is 12.9. The average Bonchev–Trinajstić information content (AvgIpc) is 2.74. The lowest BCUT2D eigenvalue weighted by Crippen LogP contribution is -2.47. The zero-order chi connectivity index (χ0) is 21.6. The van der Waals surface area contributed by atoms with Crippen LogP contribution in [0.2, 0.25) is 0 Å². The van der Waals surface area contributed by atoms with Gasteiger partial charge in [0.1, 0.15) is 11.5 Å². The molecular formula is C24H33ClF3N3. The van der Waals surface area contributed by atoms with Gasteiger partial charge in [0.25, 0.3) is 0 Å². The Labute approximate surface area is 190 Å². The summed E-state index contributed by atoms with van der Waals surface area (Å²) < 4.78 is 38.7. The van der Waals surface area contributed by atoms with Gasteiger partial charge in [-0.25, -0.2) is 4.98 Å². The van der Waals surface area contributed by atoms with E-state index in [0.29, 0.717) is 18.9 Å². The number of rotatable bonds is 8. The number of halogens is 4. The minimum absolute atomic E-state index is 0. The molecule has 172 valence electrons. The van der Waals surface area contributed by atoms with Crippen LogP contribution in [0.3, 0.4) is 0 Å². The zero-order valence-electron chi connectivity index (χ0n) is 18.4. The fraction of sp³-hybridized carbons (Fsp3) is 0.542. The largest absolute Gasteiger partial charge is 0.433 e. The third-order valence-corrected chi connectivity index (χ3v) is 5.90. The number of nitrogens with zero attached hydrogens (tertiary/aromatic N) is 3. The number of aryl methyl sites for hydroxylation is 2. The molecule has 1 aliphatic rings. The molecule has 2 aromatic rings. The van der Waals surface area contributed by atoms with Crippen molar-refractivity contribution in [2.45, 2.75) is 52.1 Å². The van der Waals surface area contributed by atoms with Crippen LogP contribution in [0.4, 0.5) is 19.0 Å². The van der Waals surface area contributed by atoms with Crippen LogP contribution in [0.25, 0.3) is 0 Å². The van der Waals surface area contributed by atoms with Crippen molar-refractivity contribution in [2.24, 2.45) is 0 Å². The molecule has 3 rings (SSSR count). The Hall–Kier alpha value is -1.79. The van der Waals surface area contributed by atoms with Crippen molar-refractivity contribution in [1.29, 1.82) is 0 Å². The van der Waals surface area contributed by atoms with E-state index in [0.717, 1.165) is 38.5 Å². The van der Waals surface area contributed by atoms with Gasteiger partial charge in [0.05, 0.1) is 0 Å². The van der Waals surface area contributed by atoms with Crippen LogP contribution in [-0.2, 0) is 19.0 Å². The molecule has 1 aromatic carbocycles. The van der Waals surface area contributed by atoms with Crippen LogP contribution < -0.4 is 4.90 Å². The zero-order valence-corrected chi connectivity index (χ0v) is 19.2. The number of alkyl halides is 3. The van der Waals surface area contributed by atoms with E-state index in [1.54, 1.807) is 6.07 Å². The summed E-state index contributed by atoms with van der Waals surface area (Å²) in [5, 5.41) is 0. The molecule has 31 heavy (non-hydrogen) atoms. The van der Waals surface area contributed by atoms with E-state index in [2.05, 4.69) is 41.9 Å². The first-order valence-corrected chi connectivity index (χ1v) is 11.0. The lowest BCUT2D eigenvalue weighted by atomic mass is 9.98. The van der Waals surface area contributed by atoms with Gasteiger partial charge in [-0.3, -0.25) is 4.90 Å².